The smallest absolute Gasteiger partial charge is 0.178 e. The van der Waals surface area contributed by atoms with E-state index in [2.05, 4.69) is 48.5 Å². The average molecular weight is 206 g/mol. The van der Waals surface area contributed by atoms with Gasteiger partial charge in [-0.05, 0) is 17.5 Å². The van der Waals surface area contributed by atoms with Crippen LogP contribution in [0.2, 0.25) is 0 Å². The third-order valence-corrected chi connectivity index (χ3v) is 3.27. The molecule has 1 nitrogen and oxygen atoms in total. The number of rotatable bonds is 0. The summed E-state index contributed by atoms with van der Waals surface area (Å²) in [7, 11) is 0. The van der Waals surface area contributed by atoms with Crippen molar-refractivity contribution in [2.45, 2.75) is 6.42 Å². The topological polar surface area (TPSA) is 12.5 Å². The van der Waals surface area contributed by atoms with Gasteiger partial charge in [0.2, 0.25) is 0 Å². The van der Waals surface area contributed by atoms with Gasteiger partial charge in [0.25, 0.3) is 0 Å². The molecule has 0 amide bonds. The van der Waals surface area contributed by atoms with Gasteiger partial charge < -0.3 is 4.74 Å². The highest BCUT2D eigenvalue weighted by molar-refractivity contribution is 5.99. The fourth-order valence-electron chi connectivity index (χ4n) is 2.43. The van der Waals surface area contributed by atoms with Crippen LogP contribution in [0.15, 0.2) is 48.5 Å². The van der Waals surface area contributed by atoms with Crippen molar-refractivity contribution in [2.24, 2.45) is 0 Å². The molecule has 1 heteroatoms. The lowest BCUT2D eigenvalue weighted by Crippen LogP contribution is -1.94. The van der Waals surface area contributed by atoms with Crippen molar-refractivity contribution < 1.29 is 4.74 Å². The van der Waals surface area contributed by atoms with Crippen molar-refractivity contribution in [1.29, 1.82) is 0 Å². The Balaban J connectivity index is 2.02. The zero-order valence-corrected chi connectivity index (χ0v) is 8.73. The predicted octanol–water partition coefficient (Wildman–Crippen LogP) is 3.45. The van der Waals surface area contributed by atoms with Gasteiger partial charge in [0, 0.05) is 11.1 Å². The van der Waals surface area contributed by atoms with Gasteiger partial charge in [-0.3, -0.25) is 0 Å². The zero-order chi connectivity index (χ0) is 10.5. The SMILES string of the molecule is c1ccc2c(c1)Cc1ccccc1C1=C2O1. The van der Waals surface area contributed by atoms with Crippen molar-refractivity contribution in [2.75, 3.05) is 0 Å². The van der Waals surface area contributed by atoms with Gasteiger partial charge in [-0.15, -0.1) is 0 Å². The van der Waals surface area contributed by atoms with Crippen LogP contribution in [0.3, 0.4) is 0 Å². The quantitative estimate of drug-likeness (QED) is 0.643. The van der Waals surface area contributed by atoms with Gasteiger partial charge >= 0.3 is 0 Å². The van der Waals surface area contributed by atoms with Crippen LogP contribution in [0.5, 0.6) is 0 Å². The molecule has 0 aromatic heterocycles. The first-order valence-corrected chi connectivity index (χ1v) is 5.52. The third kappa shape index (κ3) is 1.00. The number of fused-ring (bicyclic) bond motifs is 4. The fourth-order valence-corrected chi connectivity index (χ4v) is 2.43. The number of benzene rings is 2. The Bertz CT molecular complexity index is 569. The van der Waals surface area contributed by atoms with Gasteiger partial charge in [0.1, 0.15) is 0 Å². The fraction of sp³-hybridized carbons (Fsp3) is 0.0667. The monoisotopic (exact) mass is 206 g/mol. The molecule has 1 heterocycles. The van der Waals surface area contributed by atoms with Crippen LogP contribution in [0.1, 0.15) is 22.3 Å². The number of ether oxygens (including phenoxy) is 1. The second-order valence-corrected chi connectivity index (χ2v) is 4.25. The van der Waals surface area contributed by atoms with E-state index in [9.17, 15) is 0 Å². The van der Waals surface area contributed by atoms with Gasteiger partial charge in [-0.1, -0.05) is 48.5 Å². The van der Waals surface area contributed by atoms with Crippen LogP contribution in [-0.4, -0.2) is 0 Å². The largest absolute Gasteiger partial charge is 0.448 e. The van der Waals surface area contributed by atoms with Crippen molar-refractivity contribution in [3.63, 3.8) is 0 Å². The standard InChI is InChI=1S/C15H10O/c1-3-7-12-10(5-1)9-11-6-2-4-8-13(11)15-14(12)16-15/h1-8H,9H2. The van der Waals surface area contributed by atoms with Crippen LogP contribution < -0.4 is 0 Å². The third-order valence-electron chi connectivity index (χ3n) is 3.27. The van der Waals surface area contributed by atoms with Crippen LogP contribution in [-0.2, 0) is 11.2 Å². The van der Waals surface area contributed by atoms with Gasteiger partial charge in [-0.2, -0.15) is 0 Å². The summed E-state index contributed by atoms with van der Waals surface area (Å²) < 4.78 is 5.64. The first-order chi connectivity index (χ1) is 7.93. The molecule has 4 rings (SSSR count). The molecule has 1 aliphatic heterocycles. The van der Waals surface area contributed by atoms with Crippen LogP contribution in [0.4, 0.5) is 0 Å². The van der Waals surface area contributed by atoms with E-state index < -0.39 is 0 Å². The van der Waals surface area contributed by atoms with E-state index in [0.717, 1.165) is 17.9 Å². The lowest BCUT2D eigenvalue weighted by atomic mass is 9.99. The Morgan fingerprint density at radius 3 is 1.75 bits per heavy atom. The first-order valence-electron chi connectivity index (χ1n) is 5.52. The molecule has 0 spiro atoms. The molecule has 16 heavy (non-hydrogen) atoms. The van der Waals surface area contributed by atoms with Crippen molar-refractivity contribution >= 4 is 11.5 Å². The van der Waals surface area contributed by atoms with Gasteiger partial charge in [-0.25, -0.2) is 0 Å². The highest BCUT2D eigenvalue weighted by Gasteiger charge is 2.33. The zero-order valence-electron chi connectivity index (χ0n) is 8.73. The average Bonchev–Trinajstić information content (AvgIpc) is 3.09. The Labute approximate surface area is 94.0 Å². The Hall–Kier alpha value is -2.02. The molecule has 0 bridgehead atoms. The lowest BCUT2D eigenvalue weighted by molar-refractivity contribution is 0.583. The van der Waals surface area contributed by atoms with Crippen molar-refractivity contribution in [3.05, 3.63) is 70.8 Å². The van der Waals surface area contributed by atoms with Crippen LogP contribution in [0, 0.1) is 0 Å². The maximum absolute atomic E-state index is 5.64. The predicted molar refractivity (Wildman–Crippen MR) is 63.6 cm³/mol. The van der Waals surface area contributed by atoms with E-state index in [1.807, 2.05) is 0 Å². The number of hydrogen-bond acceptors (Lipinski definition) is 1. The van der Waals surface area contributed by atoms with Crippen molar-refractivity contribution in [1.82, 2.24) is 0 Å². The molecule has 2 aromatic rings. The minimum atomic E-state index is 1.00. The van der Waals surface area contributed by atoms with Crippen molar-refractivity contribution in [3.8, 4) is 0 Å². The Morgan fingerprint density at radius 2 is 1.19 bits per heavy atom. The summed E-state index contributed by atoms with van der Waals surface area (Å²) >= 11 is 0. The molecule has 76 valence electrons. The molecule has 1 aliphatic carbocycles. The summed E-state index contributed by atoms with van der Waals surface area (Å²) in [6.07, 6.45) is 1.00. The van der Waals surface area contributed by atoms with E-state index in [1.165, 1.54) is 22.3 Å². The summed E-state index contributed by atoms with van der Waals surface area (Å²) in [5.74, 6) is 2.14. The van der Waals surface area contributed by atoms with Gasteiger partial charge in [0.05, 0.1) is 0 Å². The number of hydrogen-bond donors (Lipinski definition) is 0. The molecular formula is C15H10O. The summed E-state index contributed by atoms with van der Waals surface area (Å²) in [5.41, 5.74) is 5.23. The van der Waals surface area contributed by atoms with Crippen LogP contribution >= 0.6 is 0 Å². The van der Waals surface area contributed by atoms with E-state index in [0.29, 0.717) is 0 Å². The lowest BCUT2D eigenvalue weighted by Gasteiger charge is -2.07. The molecular weight excluding hydrogens is 196 g/mol. The minimum absolute atomic E-state index is 1.00. The first kappa shape index (κ1) is 8.17. The highest BCUT2D eigenvalue weighted by Crippen LogP contribution is 2.48. The Morgan fingerprint density at radius 1 is 0.688 bits per heavy atom. The maximum Gasteiger partial charge on any atom is 0.178 e. The second kappa shape index (κ2) is 2.76. The molecule has 0 atom stereocenters. The van der Waals surface area contributed by atoms with Gasteiger partial charge in [0.15, 0.2) is 11.5 Å². The highest BCUT2D eigenvalue weighted by atomic mass is 16.6. The normalized spacial score (nSPS) is 15.5. The van der Waals surface area contributed by atoms with E-state index in [-0.39, 0.29) is 0 Å². The molecule has 0 saturated heterocycles. The van der Waals surface area contributed by atoms with E-state index in [1.54, 1.807) is 0 Å². The molecule has 0 fully saturated rings. The van der Waals surface area contributed by atoms with E-state index >= 15 is 0 Å². The molecule has 2 aromatic carbocycles. The summed E-state index contributed by atoms with van der Waals surface area (Å²) in [4.78, 5) is 0. The summed E-state index contributed by atoms with van der Waals surface area (Å²) in [6, 6.07) is 17.0. The summed E-state index contributed by atoms with van der Waals surface area (Å²) in [5, 5.41) is 0. The molecule has 0 unspecified atom stereocenters. The molecule has 0 saturated carbocycles. The van der Waals surface area contributed by atoms with Crippen LogP contribution in [0.25, 0.3) is 11.5 Å². The minimum Gasteiger partial charge on any atom is -0.448 e. The van der Waals surface area contributed by atoms with E-state index in [4.69, 9.17) is 4.74 Å². The summed E-state index contributed by atoms with van der Waals surface area (Å²) in [6.45, 7) is 0. The Kier molecular flexibility index (Phi) is 1.41. The molecule has 2 aliphatic rings. The maximum atomic E-state index is 5.64. The molecule has 0 radical (unpaired) electrons. The molecule has 0 N–H and O–H groups in total. The second-order valence-electron chi connectivity index (χ2n) is 4.25.